The van der Waals surface area contributed by atoms with Crippen molar-refractivity contribution >= 4 is 17.3 Å². The van der Waals surface area contributed by atoms with E-state index in [9.17, 15) is 0 Å². The Bertz CT molecular complexity index is 651. The van der Waals surface area contributed by atoms with Gasteiger partial charge < -0.3 is 10.6 Å². The van der Waals surface area contributed by atoms with Gasteiger partial charge in [0.25, 0.3) is 0 Å². The third-order valence-corrected chi connectivity index (χ3v) is 4.04. The number of hydrogen-bond acceptors (Lipinski definition) is 4. The predicted octanol–water partition coefficient (Wildman–Crippen LogP) is 3.40. The minimum atomic E-state index is 0.603. The molecule has 0 aliphatic carbocycles. The molecule has 0 spiro atoms. The first kappa shape index (κ1) is 13.9. The van der Waals surface area contributed by atoms with Gasteiger partial charge in [0.15, 0.2) is 0 Å². The van der Waals surface area contributed by atoms with Gasteiger partial charge in [-0.15, -0.1) is 0 Å². The molecule has 0 radical (unpaired) electrons. The maximum atomic E-state index is 6.10. The van der Waals surface area contributed by atoms with E-state index in [0.717, 1.165) is 49.4 Å². The molecule has 1 aromatic heterocycles. The molecule has 2 heterocycles. The van der Waals surface area contributed by atoms with E-state index in [2.05, 4.69) is 41.1 Å². The average molecular weight is 282 g/mol. The third-order valence-electron chi connectivity index (χ3n) is 4.04. The van der Waals surface area contributed by atoms with E-state index in [1.54, 1.807) is 0 Å². The maximum Gasteiger partial charge on any atom is 0.141 e. The van der Waals surface area contributed by atoms with Gasteiger partial charge in [0.05, 0.1) is 0 Å². The molecule has 0 saturated carbocycles. The Morgan fingerprint density at radius 2 is 2.05 bits per heavy atom. The molecular weight excluding hydrogens is 260 g/mol. The highest BCUT2D eigenvalue weighted by Crippen LogP contribution is 2.34. The fourth-order valence-corrected chi connectivity index (χ4v) is 2.92. The number of para-hydroxylation sites is 1. The lowest BCUT2D eigenvalue weighted by atomic mass is 10.0. The van der Waals surface area contributed by atoms with Gasteiger partial charge in [-0.25, -0.2) is 9.97 Å². The van der Waals surface area contributed by atoms with Crippen molar-refractivity contribution in [1.82, 2.24) is 9.97 Å². The Kier molecular flexibility index (Phi) is 3.78. The fourth-order valence-electron chi connectivity index (χ4n) is 2.92. The summed E-state index contributed by atoms with van der Waals surface area (Å²) in [6.07, 6.45) is 4.17. The molecule has 2 N–H and O–H groups in total. The van der Waals surface area contributed by atoms with Crippen LogP contribution in [0.25, 0.3) is 0 Å². The van der Waals surface area contributed by atoms with E-state index < -0.39 is 0 Å². The number of fused-ring (bicyclic) bond motifs is 1. The predicted molar refractivity (Wildman–Crippen MR) is 86.9 cm³/mol. The molecule has 21 heavy (non-hydrogen) atoms. The number of aromatic nitrogens is 2. The van der Waals surface area contributed by atoms with Crippen LogP contribution < -0.4 is 10.6 Å². The highest BCUT2D eigenvalue weighted by atomic mass is 15.2. The first-order chi connectivity index (χ1) is 10.2. The number of rotatable bonds is 3. The lowest BCUT2D eigenvalue weighted by molar-refractivity contribution is 0.747. The SMILES string of the molecule is CCCc1nc(N)c(C)c(N2CCCc3ccccc32)n1. The van der Waals surface area contributed by atoms with Gasteiger partial charge in [0.1, 0.15) is 17.5 Å². The topological polar surface area (TPSA) is 55.0 Å². The molecule has 1 aliphatic rings. The highest BCUT2D eigenvalue weighted by Gasteiger charge is 2.22. The molecule has 1 aliphatic heterocycles. The zero-order valence-electron chi connectivity index (χ0n) is 12.8. The Labute approximate surface area is 126 Å². The largest absolute Gasteiger partial charge is 0.383 e. The van der Waals surface area contributed by atoms with E-state index in [0.29, 0.717) is 5.82 Å². The lowest BCUT2D eigenvalue weighted by Crippen LogP contribution is -2.27. The standard InChI is InChI=1S/C17H22N4/c1-3-7-15-19-16(18)12(2)17(20-15)21-11-6-9-13-8-4-5-10-14(13)21/h4-5,8,10H,3,6-7,9,11H2,1-2H3,(H2,18,19,20). The average Bonchev–Trinajstić information content (AvgIpc) is 2.50. The van der Waals surface area contributed by atoms with Gasteiger partial charge >= 0.3 is 0 Å². The Morgan fingerprint density at radius 3 is 2.86 bits per heavy atom. The maximum absolute atomic E-state index is 6.10. The van der Waals surface area contributed by atoms with Crippen LogP contribution in [0.1, 0.15) is 36.7 Å². The van der Waals surface area contributed by atoms with Crippen molar-refractivity contribution in [3.8, 4) is 0 Å². The van der Waals surface area contributed by atoms with Gasteiger partial charge in [-0.3, -0.25) is 0 Å². The molecule has 0 fully saturated rings. The van der Waals surface area contributed by atoms with Crippen LogP contribution in [0.4, 0.5) is 17.3 Å². The number of aryl methyl sites for hydroxylation is 2. The number of nitrogens with two attached hydrogens (primary N) is 1. The number of hydrogen-bond donors (Lipinski definition) is 1. The summed E-state index contributed by atoms with van der Waals surface area (Å²) in [5, 5.41) is 0. The van der Waals surface area contributed by atoms with E-state index >= 15 is 0 Å². The molecule has 2 aromatic rings. The van der Waals surface area contributed by atoms with Crippen LogP contribution in [0.2, 0.25) is 0 Å². The molecular formula is C17H22N4. The summed E-state index contributed by atoms with van der Waals surface area (Å²) in [6.45, 7) is 5.13. The van der Waals surface area contributed by atoms with Crippen LogP contribution in [0.15, 0.2) is 24.3 Å². The highest BCUT2D eigenvalue weighted by molar-refractivity contribution is 5.70. The summed E-state index contributed by atoms with van der Waals surface area (Å²) in [5.74, 6) is 2.42. The van der Waals surface area contributed by atoms with Crippen LogP contribution in [0.3, 0.4) is 0 Å². The molecule has 0 bridgehead atoms. The van der Waals surface area contributed by atoms with Crippen LogP contribution in [0.5, 0.6) is 0 Å². The van der Waals surface area contributed by atoms with Crippen LogP contribution in [-0.4, -0.2) is 16.5 Å². The van der Waals surface area contributed by atoms with E-state index in [-0.39, 0.29) is 0 Å². The van der Waals surface area contributed by atoms with Crippen molar-refractivity contribution < 1.29 is 0 Å². The number of benzene rings is 1. The van der Waals surface area contributed by atoms with E-state index in [4.69, 9.17) is 10.7 Å². The first-order valence-corrected chi connectivity index (χ1v) is 7.69. The van der Waals surface area contributed by atoms with Crippen molar-refractivity contribution in [2.75, 3.05) is 17.2 Å². The minimum Gasteiger partial charge on any atom is -0.383 e. The number of nitrogens with zero attached hydrogens (tertiary/aromatic N) is 3. The van der Waals surface area contributed by atoms with Gasteiger partial charge in [-0.2, -0.15) is 0 Å². The van der Waals surface area contributed by atoms with E-state index in [1.807, 2.05) is 6.92 Å². The van der Waals surface area contributed by atoms with Gasteiger partial charge in [-0.1, -0.05) is 25.1 Å². The van der Waals surface area contributed by atoms with Crippen molar-refractivity contribution in [1.29, 1.82) is 0 Å². The summed E-state index contributed by atoms with van der Waals surface area (Å²) < 4.78 is 0. The summed E-state index contributed by atoms with van der Waals surface area (Å²) in [6, 6.07) is 8.57. The minimum absolute atomic E-state index is 0.603. The van der Waals surface area contributed by atoms with Crippen molar-refractivity contribution in [3.63, 3.8) is 0 Å². The second-order valence-corrected chi connectivity index (χ2v) is 5.61. The lowest BCUT2D eigenvalue weighted by Gasteiger charge is -2.31. The van der Waals surface area contributed by atoms with Crippen LogP contribution >= 0.6 is 0 Å². The fraction of sp³-hybridized carbons (Fsp3) is 0.412. The summed E-state index contributed by atoms with van der Waals surface area (Å²) >= 11 is 0. The second kappa shape index (κ2) is 5.72. The van der Waals surface area contributed by atoms with Crippen LogP contribution in [0, 0.1) is 6.92 Å². The molecule has 0 unspecified atom stereocenters. The monoisotopic (exact) mass is 282 g/mol. The Hall–Kier alpha value is -2.10. The molecule has 3 rings (SSSR count). The summed E-state index contributed by atoms with van der Waals surface area (Å²) in [4.78, 5) is 11.5. The molecule has 0 amide bonds. The molecule has 4 nitrogen and oxygen atoms in total. The number of nitrogen functional groups attached to an aromatic ring is 1. The number of anilines is 3. The first-order valence-electron chi connectivity index (χ1n) is 7.69. The van der Waals surface area contributed by atoms with Gasteiger partial charge in [0, 0.05) is 24.2 Å². The zero-order valence-corrected chi connectivity index (χ0v) is 12.8. The molecule has 0 atom stereocenters. The Balaban J connectivity index is 2.09. The third kappa shape index (κ3) is 2.58. The Morgan fingerprint density at radius 1 is 1.24 bits per heavy atom. The molecule has 4 heteroatoms. The van der Waals surface area contributed by atoms with Crippen molar-refractivity contribution in [2.45, 2.75) is 39.5 Å². The smallest absolute Gasteiger partial charge is 0.141 e. The van der Waals surface area contributed by atoms with Crippen molar-refractivity contribution in [3.05, 3.63) is 41.2 Å². The van der Waals surface area contributed by atoms with E-state index in [1.165, 1.54) is 11.3 Å². The second-order valence-electron chi connectivity index (χ2n) is 5.61. The van der Waals surface area contributed by atoms with Crippen molar-refractivity contribution in [2.24, 2.45) is 0 Å². The van der Waals surface area contributed by atoms with Gasteiger partial charge in [-0.05, 0) is 37.8 Å². The summed E-state index contributed by atoms with van der Waals surface area (Å²) in [5.41, 5.74) is 9.72. The molecule has 110 valence electrons. The quantitative estimate of drug-likeness (QED) is 0.937. The van der Waals surface area contributed by atoms with Gasteiger partial charge in [0.2, 0.25) is 0 Å². The summed E-state index contributed by atoms with van der Waals surface area (Å²) in [7, 11) is 0. The molecule has 1 aromatic carbocycles. The van der Waals surface area contributed by atoms with Crippen LogP contribution in [-0.2, 0) is 12.8 Å². The molecule has 0 saturated heterocycles. The zero-order chi connectivity index (χ0) is 14.8. The normalized spacial score (nSPS) is 14.1.